The summed E-state index contributed by atoms with van der Waals surface area (Å²) in [6.07, 6.45) is 0. The molecule has 8 heteroatoms. The van der Waals surface area contributed by atoms with E-state index in [-0.39, 0.29) is 10.5 Å². The lowest BCUT2D eigenvalue weighted by atomic mass is 10.1. The highest BCUT2D eigenvalue weighted by atomic mass is 32.1. The molecule has 21 heavy (non-hydrogen) atoms. The minimum Gasteiger partial charge on any atom is -0.399 e. The van der Waals surface area contributed by atoms with Gasteiger partial charge in [-0.2, -0.15) is 0 Å². The Balaban J connectivity index is 2.37. The average molecular weight is 305 g/mol. The highest BCUT2D eigenvalue weighted by Gasteiger charge is 2.06. The third-order valence-corrected chi connectivity index (χ3v) is 2.96. The molecule has 2 aromatic rings. The summed E-state index contributed by atoms with van der Waals surface area (Å²) >= 11 is 4.92. The molecule has 0 saturated heterocycles. The molecule has 0 amide bonds. The van der Waals surface area contributed by atoms with Crippen LogP contribution in [-0.2, 0) is 4.84 Å². The smallest absolute Gasteiger partial charge is 0.277 e. The number of H-pyrrole nitrogens is 2. The largest absolute Gasteiger partial charge is 0.399 e. The maximum atomic E-state index is 11.6. The molecule has 1 heterocycles. The van der Waals surface area contributed by atoms with Gasteiger partial charge in [-0.1, -0.05) is 17.3 Å². The Hall–Kier alpha value is -2.61. The second kappa shape index (κ2) is 6.23. The van der Waals surface area contributed by atoms with Crippen LogP contribution in [0.2, 0.25) is 0 Å². The zero-order valence-electron chi connectivity index (χ0n) is 11.6. The first-order chi connectivity index (χ1) is 10.0. The van der Waals surface area contributed by atoms with Gasteiger partial charge in [0.2, 0.25) is 0 Å². The van der Waals surface area contributed by atoms with E-state index >= 15 is 0 Å². The van der Waals surface area contributed by atoms with Crippen LogP contribution in [0.5, 0.6) is 0 Å². The minimum atomic E-state index is -0.436. The topological polar surface area (TPSA) is 108 Å². The van der Waals surface area contributed by atoms with Crippen molar-refractivity contribution >= 4 is 35.1 Å². The molecule has 0 aliphatic carbocycles. The molecule has 0 fully saturated rings. The third kappa shape index (κ3) is 3.48. The van der Waals surface area contributed by atoms with E-state index < -0.39 is 5.56 Å². The Morgan fingerprint density at radius 2 is 2.19 bits per heavy atom. The molecular weight excluding hydrogens is 290 g/mol. The summed E-state index contributed by atoms with van der Waals surface area (Å²) in [6.45, 7) is 1.83. The number of benzene rings is 1. The molecule has 0 radical (unpaired) electrons. The van der Waals surface area contributed by atoms with Crippen LogP contribution in [0.15, 0.2) is 34.2 Å². The Labute approximate surface area is 125 Å². The van der Waals surface area contributed by atoms with Crippen molar-refractivity contribution in [2.75, 3.05) is 18.2 Å². The van der Waals surface area contributed by atoms with Crippen LogP contribution >= 0.6 is 12.2 Å². The van der Waals surface area contributed by atoms with Gasteiger partial charge in [0, 0.05) is 11.3 Å². The molecule has 5 N–H and O–H groups in total. The summed E-state index contributed by atoms with van der Waals surface area (Å²) in [6, 6.07) is 7.44. The molecule has 0 unspecified atom stereocenters. The molecule has 0 aliphatic rings. The number of anilines is 3. The summed E-state index contributed by atoms with van der Waals surface area (Å²) in [5, 5.41) is 6.90. The molecular formula is C13H15N5O2S. The molecule has 2 rings (SSSR count). The maximum absolute atomic E-state index is 11.6. The Bertz CT molecular complexity index is 794. The van der Waals surface area contributed by atoms with Crippen LogP contribution in [0.25, 0.3) is 0 Å². The molecule has 0 bridgehead atoms. The first-order valence-corrected chi connectivity index (χ1v) is 6.49. The van der Waals surface area contributed by atoms with Crippen LogP contribution in [0.1, 0.15) is 12.5 Å². The Kier molecular flexibility index (Phi) is 4.39. The number of aromatic nitrogens is 2. The summed E-state index contributed by atoms with van der Waals surface area (Å²) in [5.41, 5.74) is 7.67. The Morgan fingerprint density at radius 3 is 2.90 bits per heavy atom. The molecule has 110 valence electrons. The maximum Gasteiger partial charge on any atom is 0.277 e. The van der Waals surface area contributed by atoms with E-state index in [9.17, 15) is 4.79 Å². The fourth-order valence-corrected chi connectivity index (χ4v) is 1.95. The van der Waals surface area contributed by atoms with Crippen LogP contribution < -0.4 is 16.6 Å². The lowest BCUT2D eigenvalue weighted by molar-refractivity contribution is 0.213. The number of oxime groups is 1. The van der Waals surface area contributed by atoms with Crippen molar-refractivity contribution < 1.29 is 4.84 Å². The van der Waals surface area contributed by atoms with E-state index in [0.29, 0.717) is 5.82 Å². The van der Waals surface area contributed by atoms with E-state index in [2.05, 4.69) is 20.4 Å². The minimum absolute atomic E-state index is 0.0382. The van der Waals surface area contributed by atoms with Crippen molar-refractivity contribution in [3.8, 4) is 0 Å². The second-order valence-electron chi connectivity index (χ2n) is 4.26. The van der Waals surface area contributed by atoms with Gasteiger partial charge in [0.1, 0.15) is 18.6 Å². The van der Waals surface area contributed by atoms with Gasteiger partial charge in [-0.15, -0.1) is 0 Å². The standard InChI is InChI=1S/C13H15N5O2S/c1-7(18-20-2)8-4-3-5-9(6-8)15-11-10(14)12(19)17-13(21)16-11/h3-6H,14H2,1-2H3,(H3,15,16,17,19,21)/b18-7+. The van der Waals surface area contributed by atoms with Crippen LogP contribution in [0.4, 0.5) is 17.2 Å². The van der Waals surface area contributed by atoms with Gasteiger partial charge in [-0.25, -0.2) is 0 Å². The van der Waals surface area contributed by atoms with Crippen LogP contribution in [-0.4, -0.2) is 22.8 Å². The normalized spacial score (nSPS) is 11.2. The number of nitrogens with one attached hydrogen (secondary N) is 3. The number of hydrogen-bond donors (Lipinski definition) is 4. The number of aromatic amines is 2. The SMILES string of the molecule is CO/N=C(\C)c1cccc(Nc2[nH]c(=S)[nH]c(=O)c2N)c1. The van der Waals surface area contributed by atoms with E-state index in [0.717, 1.165) is 17.0 Å². The molecule has 0 atom stereocenters. The molecule has 7 nitrogen and oxygen atoms in total. The van der Waals surface area contributed by atoms with Gasteiger partial charge in [-0.05, 0) is 31.3 Å². The van der Waals surface area contributed by atoms with Crippen molar-refractivity contribution in [2.24, 2.45) is 5.16 Å². The zero-order valence-corrected chi connectivity index (χ0v) is 12.4. The van der Waals surface area contributed by atoms with Gasteiger partial charge < -0.3 is 20.9 Å². The first kappa shape index (κ1) is 14.8. The van der Waals surface area contributed by atoms with Gasteiger partial charge in [0.25, 0.3) is 5.56 Å². The average Bonchev–Trinajstić information content (AvgIpc) is 2.45. The Morgan fingerprint density at radius 1 is 1.43 bits per heavy atom. The van der Waals surface area contributed by atoms with Crippen LogP contribution in [0, 0.1) is 4.77 Å². The fraction of sp³-hybridized carbons (Fsp3) is 0.154. The van der Waals surface area contributed by atoms with E-state index in [1.807, 2.05) is 31.2 Å². The van der Waals surface area contributed by atoms with E-state index in [4.69, 9.17) is 22.8 Å². The van der Waals surface area contributed by atoms with Crippen molar-refractivity contribution in [1.29, 1.82) is 0 Å². The van der Waals surface area contributed by atoms with Gasteiger partial charge in [0.05, 0.1) is 5.71 Å². The molecule has 1 aromatic heterocycles. The predicted octanol–water partition coefficient (Wildman–Crippen LogP) is 2.13. The number of nitrogens with two attached hydrogens (primary N) is 1. The number of nitrogens with zero attached hydrogens (tertiary/aromatic N) is 1. The molecule has 0 aliphatic heterocycles. The monoisotopic (exact) mass is 305 g/mol. The molecule has 1 aromatic carbocycles. The van der Waals surface area contributed by atoms with Crippen LogP contribution in [0.3, 0.4) is 0 Å². The van der Waals surface area contributed by atoms with Crippen molar-refractivity contribution in [1.82, 2.24) is 9.97 Å². The third-order valence-electron chi connectivity index (χ3n) is 2.76. The molecule has 0 spiro atoms. The van der Waals surface area contributed by atoms with E-state index in [1.165, 1.54) is 7.11 Å². The fourth-order valence-electron chi connectivity index (χ4n) is 1.75. The summed E-state index contributed by atoms with van der Waals surface area (Å²) in [4.78, 5) is 21.5. The second-order valence-corrected chi connectivity index (χ2v) is 4.67. The number of nitrogen functional groups attached to an aromatic ring is 1. The van der Waals surface area contributed by atoms with Crippen molar-refractivity contribution in [3.05, 3.63) is 45.0 Å². The van der Waals surface area contributed by atoms with Gasteiger partial charge >= 0.3 is 0 Å². The van der Waals surface area contributed by atoms with Crippen molar-refractivity contribution in [2.45, 2.75) is 6.92 Å². The molecule has 0 saturated carbocycles. The summed E-state index contributed by atoms with van der Waals surface area (Å²) in [5.74, 6) is 0.349. The number of rotatable bonds is 4. The quantitative estimate of drug-likeness (QED) is 0.393. The van der Waals surface area contributed by atoms with Gasteiger partial charge in [-0.3, -0.25) is 9.78 Å². The van der Waals surface area contributed by atoms with E-state index in [1.54, 1.807) is 0 Å². The highest BCUT2D eigenvalue weighted by molar-refractivity contribution is 7.71. The lowest BCUT2D eigenvalue weighted by Crippen LogP contribution is -2.15. The first-order valence-electron chi connectivity index (χ1n) is 6.08. The van der Waals surface area contributed by atoms with Crippen molar-refractivity contribution in [3.63, 3.8) is 0 Å². The predicted molar refractivity (Wildman–Crippen MR) is 85.6 cm³/mol. The lowest BCUT2D eigenvalue weighted by Gasteiger charge is -2.09. The van der Waals surface area contributed by atoms with Gasteiger partial charge in [0.15, 0.2) is 4.77 Å². The zero-order chi connectivity index (χ0) is 15.4. The summed E-state index contributed by atoms with van der Waals surface area (Å²) < 4.78 is 0.199. The number of hydrogen-bond acceptors (Lipinski definition) is 6. The highest BCUT2D eigenvalue weighted by Crippen LogP contribution is 2.19. The summed E-state index contributed by atoms with van der Waals surface area (Å²) in [7, 11) is 1.49.